The zero-order valence-corrected chi connectivity index (χ0v) is 17.7. The van der Waals surface area contributed by atoms with Crippen LogP contribution in [-0.4, -0.2) is 28.2 Å². The van der Waals surface area contributed by atoms with E-state index in [1.807, 2.05) is 0 Å². The van der Waals surface area contributed by atoms with Crippen LogP contribution >= 0.6 is 23.2 Å². The average molecular weight is 474 g/mol. The van der Waals surface area contributed by atoms with Gasteiger partial charge in [0, 0.05) is 28.4 Å². The number of nitro benzene ring substituents is 1. The van der Waals surface area contributed by atoms with Gasteiger partial charge in [0.05, 0.1) is 21.6 Å². The first-order valence-corrected chi connectivity index (χ1v) is 10.1. The van der Waals surface area contributed by atoms with Crippen LogP contribution in [0.5, 0.6) is 0 Å². The molecule has 2 amide bonds. The van der Waals surface area contributed by atoms with E-state index in [1.54, 1.807) is 18.2 Å². The minimum absolute atomic E-state index is 0.00516. The molecule has 1 aliphatic heterocycles. The molecule has 3 aromatic carbocycles. The predicted molar refractivity (Wildman–Crippen MR) is 117 cm³/mol. The number of nitrogens with zero attached hydrogens (tertiary/aromatic N) is 2. The number of amides is 2. The van der Waals surface area contributed by atoms with Gasteiger partial charge < -0.3 is 10.2 Å². The number of halogens is 3. The lowest BCUT2D eigenvalue weighted by Gasteiger charge is -2.31. The molecule has 0 radical (unpaired) electrons. The van der Waals surface area contributed by atoms with Crippen molar-refractivity contribution in [1.82, 2.24) is 4.90 Å². The predicted octanol–water partition coefficient (Wildman–Crippen LogP) is 5.22. The summed E-state index contributed by atoms with van der Waals surface area (Å²) in [5.41, 5.74) is 1.01. The van der Waals surface area contributed by atoms with Crippen molar-refractivity contribution in [2.75, 3.05) is 11.9 Å². The summed E-state index contributed by atoms with van der Waals surface area (Å²) in [6.07, 6.45) is 0. The fourth-order valence-electron chi connectivity index (χ4n) is 3.62. The average Bonchev–Trinajstić information content (AvgIpc) is 2.89. The minimum atomic E-state index is -0.842. The third kappa shape index (κ3) is 4.15. The van der Waals surface area contributed by atoms with Crippen LogP contribution in [0.3, 0.4) is 0 Å². The Bertz CT molecular complexity index is 1250. The lowest BCUT2D eigenvalue weighted by atomic mass is 9.95. The Morgan fingerprint density at radius 2 is 1.81 bits per heavy atom. The monoisotopic (exact) mass is 473 g/mol. The third-order valence-electron chi connectivity index (χ3n) is 5.05. The van der Waals surface area contributed by atoms with Crippen molar-refractivity contribution in [3.05, 3.63) is 103 Å². The number of rotatable bonds is 3. The van der Waals surface area contributed by atoms with Gasteiger partial charge in [0.1, 0.15) is 12.4 Å². The maximum atomic E-state index is 13.6. The van der Waals surface area contributed by atoms with Gasteiger partial charge in [-0.3, -0.25) is 19.7 Å². The van der Waals surface area contributed by atoms with E-state index in [4.69, 9.17) is 23.2 Å². The van der Waals surface area contributed by atoms with E-state index < -0.39 is 28.6 Å². The number of nitrogens with one attached hydrogen (secondary N) is 1. The second-order valence-electron chi connectivity index (χ2n) is 7.09. The largest absolute Gasteiger partial charge is 0.324 e. The zero-order chi connectivity index (χ0) is 23.0. The molecule has 3 aromatic rings. The Kier molecular flexibility index (Phi) is 5.82. The normalized spacial score (nSPS) is 15.5. The van der Waals surface area contributed by atoms with Gasteiger partial charge in [-0.05, 0) is 42.0 Å². The highest BCUT2D eigenvalue weighted by molar-refractivity contribution is 6.34. The van der Waals surface area contributed by atoms with Gasteiger partial charge in [-0.25, -0.2) is 4.39 Å². The molecule has 0 spiro atoms. The topological polar surface area (TPSA) is 92.5 Å². The van der Waals surface area contributed by atoms with E-state index in [1.165, 1.54) is 41.3 Å². The number of benzene rings is 3. The van der Waals surface area contributed by atoms with E-state index >= 15 is 0 Å². The highest BCUT2D eigenvalue weighted by atomic mass is 35.5. The second-order valence-corrected chi connectivity index (χ2v) is 7.93. The molecule has 0 aliphatic carbocycles. The fraction of sp³-hybridized carbons (Fsp3) is 0.0909. The van der Waals surface area contributed by atoms with Crippen LogP contribution in [-0.2, 0) is 4.79 Å². The summed E-state index contributed by atoms with van der Waals surface area (Å²) in [5, 5.41) is 14.3. The molecule has 32 heavy (non-hydrogen) atoms. The molecular formula is C22H14Cl2FN3O4. The molecule has 162 valence electrons. The van der Waals surface area contributed by atoms with Crippen molar-refractivity contribution in [1.29, 1.82) is 0 Å². The van der Waals surface area contributed by atoms with Crippen molar-refractivity contribution in [3.8, 4) is 0 Å². The summed E-state index contributed by atoms with van der Waals surface area (Å²) < 4.78 is 13.6. The van der Waals surface area contributed by atoms with Crippen LogP contribution in [0, 0.1) is 15.9 Å². The zero-order valence-electron chi connectivity index (χ0n) is 16.2. The third-order valence-corrected chi connectivity index (χ3v) is 5.61. The SMILES string of the molecule is O=C1CN(C(=O)c2cc([N+](=O)[O-])ccc2Cl)C(c2ccc(F)cc2)c2cc(Cl)ccc2N1. The summed E-state index contributed by atoms with van der Waals surface area (Å²) >= 11 is 12.4. The molecule has 0 bridgehead atoms. The minimum Gasteiger partial charge on any atom is -0.324 e. The quantitative estimate of drug-likeness (QED) is 0.416. The van der Waals surface area contributed by atoms with E-state index in [2.05, 4.69) is 5.32 Å². The number of hydrogen-bond acceptors (Lipinski definition) is 4. The highest BCUT2D eigenvalue weighted by Crippen LogP contribution is 2.38. The van der Waals surface area contributed by atoms with E-state index in [0.29, 0.717) is 21.8 Å². The van der Waals surface area contributed by atoms with Crippen molar-refractivity contribution in [2.24, 2.45) is 0 Å². The molecule has 0 saturated carbocycles. The molecule has 4 rings (SSSR count). The molecule has 1 atom stereocenters. The van der Waals surface area contributed by atoms with Crippen molar-refractivity contribution in [2.45, 2.75) is 6.04 Å². The first-order valence-electron chi connectivity index (χ1n) is 9.34. The molecule has 7 nitrogen and oxygen atoms in total. The van der Waals surface area contributed by atoms with Crippen molar-refractivity contribution < 1.29 is 18.9 Å². The Morgan fingerprint density at radius 1 is 1.09 bits per heavy atom. The van der Waals surface area contributed by atoms with Crippen LogP contribution < -0.4 is 5.32 Å². The summed E-state index contributed by atoms with van der Waals surface area (Å²) in [5.74, 6) is -1.65. The lowest BCUT2D eigenvalue weighted by Crippen LogP contribution is -2.39. The van der Waals surface area contributed by atoms with Crippen molar-refractivity contribution >= 4 is 46.4 Å². The number of hydrogen-bond donors (Lipinski definition) is 1. The standard InChI is InChI=1S/C22H14Cl2FN3O4/c23-13-3-8-19-17(9-13)21(12-1-4-14(25)5-2-12)27(11-20(29)26-19)22(30)16-10-15(28(31)32)6-7-18(16)24/h1-10,21H,11H2,(H,26,29). The van der Waals surface area contributed by atoms with Gasteiger partial charge in [-0.1, -0.05) is 35.3 Å². The Labute approximate surface area is 191 Å². The molecular weight excluding hydrogens is 460 g/mol. The Balaban J connectivity index is 1.91. The summed E-state index contributed by atoms with van der Waals surface area (Å²) in [6.45, 7) is -0.369. The number of anilines is 1. The first-order chi connectivity index (χ1) is 15.2. The van der Waals surface area contributed by atoms with Gasteiger partial charge in [0.25, 0.3) is 11.6 Å². The van der Waals surface area contributed by atoms with Crippen LogP contribution in [0.4, 0.5) is 15.8 Å². The maximum absolute atomic E-state index is 13.6. The Morgan fingerprint density at radius 3 is 2.50 bits per heavy atom. The molecule has 1 aliphatic rings. The van der Waals surface area contributed by atoms with E-state index in [-0.39, 0.29) is 22.8 Å². The van der Waals surface area contributed by atoms with Crippen molar-refractivity contribution in [3.63, 3.8) is 0 Å². The molecule has 1 unspecified atom stereocenters. The molecule has 1 N–H and O–H groups in total. The summed E-state index contributed by atoms with van der Waals surface area (Å²) in [6, 6.07) is 12.9. The first kappa shape index (κ1) is 21.7. The summed E-state index contributed by atoms with van der Waals surface area (Å²) in [7, 11) is 0. The number of carbonyl (C=O) groups excluding carboxylic acids is 2. The lowest BCUT2D eigenvalue weighted by molar-refractivity contribution is -0.384. The van der Waals surface area contributed by atoms with Gasteiger partial charge in [-0.15, -0.1) is 0 Å². The van der Waals surface area contributed by atoms with Gasteiger partial charge in [0.2, 0.25) is 5.91 Å². The van der Waals surface area contributed by atoms with Gasteiger partial charge >= 0.3 is 0 Å². The molecule has 0 fully saturated rings. The molecule has 10 heteroatoms. The smallest absolute Gasteiger partial charge is 0.270 e. The number of non-ortho nitro benzene ring substituents is 1. The number of nitro groups is 1. The second kappa shape index (κ2) is 8.57. The van der Waals surface area contributed by atoms with Crippen LogP contribution in [0.25, 0.3) is 0 Å². The van der Waals surface area contributed by atoms with E-state index in [9.17, 15) is 24.1 Å². The fourth-order valence-corrected chi connectivity index (χ4v) is 4.00. The summed E-state index contributed by atoms with van der Waals surface area (Å²) in [4.78, 5) is 38.0. The highest BCUT2D eigenvalue weighted by Gasteiger charge is 2.35. The van der Waals surface area contributed by atoms with Crippen LogP contribution in [0.2, 0.25) is 10.0 Å². The van der Waals surface area contributed by atoms with Gasteiger partial charge in [-0.2, -0.15) is 0 Å². The molecule has 1 heterocycles. The van der Waals surface area contributed by atoms with Gasteiger partial charge in [0.15, 0.2) is 0 Å². The number of fused-ring (bicyclic) bond motifs is 1. The number of carbonyl (C=O) groups is 2. The molecule has 0 aromatic heterocycles. The van der Waals surface area contributed by atoms with Crippen LogP contribution in [0.15, 0.2) is 60.7 Å². The Hall–Kier alpha value is -3.49. The van der Waals surface area contributed by atoms with E-state index in [0.717, 1.165) is 6.07 Å². The molecule has 0 saturated heterocycles. The van der Waals surface area contributed by atoms with Crippen LogP contribution in [0.1, 0.15) is 27.5 Å². The maximum Gasteiger partial charge on any atom is 0.270 e.